The van der Waals surface area contributed by atoms with Crippen molar-refractivity contribution in [3.63, 3.8) is 0 Å². The Labute approximate surface area is 160 Å². The number of rotatable bonds is 5. The molecule has 3 rings (SSSR count). The van der Waals surface area contributed by atoms with Crippen LogP contribution < -0.4 is 15.4 Å². The highest BCUT2D eigenvalue weighted by molar-refractivity contribution is 5.82. The number of carbonyl (C=O) groups excluding carboxylic acids is 1. The lowest BCUT2D eigenvalue weighted by molar-refractivity contribution is -0.175. The lowest BCUT2D eigenvalue weighted by Gasteiger charge is -2.24. The maximum atomic E-state index is 14.6. The van der Waals surface area contributed by atoms with Crippen LogP contribution in [0.15, 0.2) is 12.1 Å². The molecule has 2 N–H and O–H groups in total. The maximum Gasteiger partial charge on any atom is 0.392 e. The second-order valence-electron chi connectivity index (χ2n) is 7.10. The number of ether oxygens (including phenoxy) is 1. The molecule has 28 heavy (non-hydrogen) atoms. The number of allylic oxidation sites excluding steroid dienone is 2. The van der Waals surface area contributed by atoms with Crippen molar-refractivity contribution in [1.29, 1.82) is 0 Å². The Bertz CT molecular complexity index is 758. The Morgan fingerprint density at radius 1 is 1.39 bits per heavy atom. The molecule has 0 spiro atoms. The van der Waals surface area contributed by atoms with E-state index in [2.05, 4.69) is 15.6 Å². The zero-order chi connectivity index (χ0) is 20.3. The summed E-state index contributed by atoms with van der Waals surface area (Å²) in [6.07, 6.45) is -1.35. The van der Waals surface area contributed by atoms with Gasteiger partial charge in [-0.25, -0.2) is 9.37 Å². The number of nitrogens with zero attached hydrogens (tertiary/aromatic N) is 1. The summed E-state index contributed by atoms with van der Waals surface area (Å²) < 4.78 is 58.2. The number of hydrogen-bond acceptors (Lipinski definition) is 4. The zero-order valence-corrected chi connectivity index (χ0v) is 15.5. The molecule has 2 atom stereocenters. The van der Waals surface area contributed by atoms with Crippen molar-refractivity contribution in [1.82, 2.24) is 15.6 Å². The minimum Gasteiger partial charge on any atom is -0.481 e. The molecule has 2 unspecified atom stereocenters. The van der Waals surface area contributed by atoms with Gasteiger partial charge in [-0.1, -0.05) is 6.08 Å². The van der Waals surface area contributed by atoms with E-state index in [1.807, 2.05) is 0 Å². The Morgan fingerprint density at radius 2 is 2.18 bits per heavy atom. The van der Waals surface area contributed by atoms with Gasteiger partial charge in [0, 0.05) is 12.1 Å². The minimum atomic E-state index is -4.25. The average Bonchev–Trinajstić information content (AvgIpc) is 3.20. The zero-order valence-electron chi connectivity index (χ0n) is 15.5. The Balaban J connectivity index is 1.73. The van der Waals surface area contributed by atoms with E-state index in [9.17, 15) is 22.4 Å². The molecule has 0 saturated carbocycles. The van der Waals surface area contributed by atoms with Gasteiger partial charge in [0.1, 0.15) is 11.5 Å². The van der Waals surface area contributed by atoms with E-state index in [0.717, 1.165) is 19.4 Å². The summed E-state index contributed by atoms with van der Waals surface area (Å²) >= 11 is 0. The van der Waals surface area contributed by atoms with Crippen molar-refractivity contribution < 1.29 is 27.1 Å². The fourth-order valence-corrected chi connectivity index (χ4v) is 3.60. The number of amides is 1. The fourth-order valence-electron chi connectivity index (χ4n) is 3.60. The van der Waals surface area contributed by atoms with E-state index >= 15 is 0 Å². The molecule has 1 fully saturated rings. The third kappa shape index (κ3) is 4.63. The third-order valence-electron chi connectivity index (χ3n) is 5.22. The first-order valence-corrected chi connectivity index (χ1v) is 9.30. The van der Waals surface area contributed by atoms with E-state index in [0.29, 0.717) is 11.1 Å². The monoisotopic (exact) mass is 401 g/mol. The number of halogens is 4. The SMILES string of the molecule is COc1nc(C2=CCC(C(F)(F)F)CC2)c(F)cc1CNC(=O)C1CCCN1. The summed E-state index contributed by atoms with van der Waals surface area (Å²) in [5.41, 5.74) is 0.826. The minimum absolute atomic E-state index is 0.00464. The molecular weight excluding hydrogens is 378 g/mol. The van der Waals surface area contributed by atoms with Crippen LogP contribution in [-0.2, 0) is 11.3 Å². The number of pyridine rings is 1. The smallest absolute Gasteiger partial charge is 0.392 e. The molecule has 9 heteroatoms. The highest BCUT2D eigenvalue weighted by atomic mass is 19.4. The first-order chi connectivity index (χ1) is 13.3. The van der Waals surface area contributed by atoms with E-state index in [-0.39, 0.29) is 49.3 Å². The van der Waals surface area contributed by atoms with Gasteiger partial charge < -0.3 is 15.4 Å². The summed E-state index contributed by atoms with van der Waals surface area (Å²) in [5, 5.41) is 5.81. The molecule has 2 heterocycles. The van der Waals surface area contributed by atoms with Crippen molar-refractivity contribution in [2.24, 2.45) is 5.92 Å². The van der Waals surface area contributed by atoms with Gasteiger partial charge in [-0.15, -0.1) is 0 Å². The lowest BCUT2D eigenvalue weighted by Crippen LogP contribution is -2.40. The van der Waals surface area contributed by atoms with Gasteiger partial charge in [-0.3, -0.25) is 4.79 Å². The lowest BCUT2D eigenvalue weighted by atomic mass is 9.87. The van der Waals surface area contributed by atoms with Gasteiger partial charge in [-0.2, -0.15) is 13.2 Å². The molecule has 1 amide bonds. The molecule has 1 aromatic heterocycles. The molecule has 1 aliphatic heterocycles. The molecule has 2 aliphatic rings. The van der Waals surface area contributed by atoms with Crippen LogP contribution in [0, 0.1) is 11.7 Å². The highest BCUT2D eigenvalue weighted by Crippen LogP contribution is 2.39. The maximum absolute atomic E-state index is 14.6. The second-order valence-corrected chi connectivity index (χ2v) is 7.10. The topological polar surface area (TPSA) is 63.2 Å². The molecule has 5 nitrogen and oxygen atoms in total. The fraction of sp³-hybridized carbons (Fsp3) is 0.579. The van der Waals surface area contributed by atoms with Crippen molar-refractivity contribution in [3.8, 4) is 5.88 Å². The number of alkyl halides is 3. The molecule has 154 valence electrons. The third-order valence-corrected chi connectivity index (χ3v) is 5.22. The number of carbonyl (C=O) groups is 1. The van der Waals surface area contributed by atoms with Crippen molar-refractivity contribution in [2.75, 3.05) is 13.7 Å². The van der Waals surface area contributed by atoms with E-state index < -0.39 is 17.9 Å². The van der Waals surface area contributed by atoms with E-state index in [1.165, 1.54) is 19.3 Å². The second kappa shape index (κ2) is 8.46. The first-order valence-electron chi connectivity index (χ1n) is 9.30. The Kier molecular flexibility index (Phi) is 6.22. The summed E-state index contributed by atoms with van der Waals surface area (Å²) in [6.45, 7) is 0.843. The van der Waals surface area contributed by atoms with Gasteiger partial charge in [0.15, 0.2) is 0 Å². The number of methoxy groups -OCH3 is 1. The predicted octanol–water partition coefficient (Wildman–Crippen LogP) is 3.34. The molecule has 0 radical (unpaired) electrons. The highest BCUT2D eigenvalue weighted by Gasteiger charge is 2.40. The molecule has 1 saturated heterocycles. The molecular formula is C19H23F4N3O2. The van der Waals surface area contributed by atoms with Crippen LogP contribution in [0.3, 0.4) is 0 Å². The van der Waals surface area contributed by atoms with E-state index in [4.69, 9.17) is 4.74 Å². The van der Waals surface area contributed by atoms with Crippen LogP contribution >= 0.6 is 0 Å². The number of aromatic nitrogens is 1. The van der Waals surface area contributed by atoms with Crippen molar-refractivity contribution in [3.05, 3.63) is 29.2 Å². The van der Waals surface area contributed by atoms with Crippen LogP contribution in [0.1, 0.15) is 43.4 Å². The summed E-state index contributed by atoms with van der Waals surface area (Å²) in [4.78, 5) is 16.3. The standard InChI is InChI=1S/C19H23F4N3O2/c1-28-18-12(10-25-17(27)15-3-2-8-24-15)9-14(20)16(26-18)11-4-6-13(7-5-11)19(21,22)23/h4,9,13,15,24H,2-3,5-8,10H2,1H3,(H,25,27). The van der Waals surface area contributed by atoms with Gasteiger partial charge in [-0.05, 0) is 50.3 Å². The predicted molar refractivity (Wildman–Crippen MR) is 95.0 cm³/mol. The number of nitrogens with one attached hydrogen (secondary N) is 2. The van der Waals surface area contributed by atoms with Crippen molar-refractivity contribution >= 4 is 11.5 Å². The van der Waals surface area contributed by atoms with E-state index in [1.54, 1.807) is 0 Å². The molecule has 1 aromatic rings. The van der Waals surface area contributed by atoms with Crippen LogP contribution in [0.25, 0.3) is 5.57 Å². The van der Waals surface area contributed by atoms with Gasteiger partial charge >= 0.3 is 6.18 Å². The summed E-state index contributed by atoms with van der Waals surface area (Å²) in [6, 6.07) is 0.970. The van der Waals surface area contributed by atoms with Gasteiger partial charge in [0.25, 0.3) is 0 Å². The summed E-state index contributed by atoms with van der Waals surface area (Å²) in [5.74, 6) is -2.06. The van der Waals surface area contributed by atoms with Crippen LogP contribution in [0.4, 0.5) is 17.6 Å². The first kappa shape index (κ1) is 20.6. The Hall–Kier alpha value is -2.16. The van der Waals surface area contributed by atoms with Crippen LogP contribution in [-0.4, -0.2) is 36.8 Å². The molecule has 0 aromatic carbocycles. The summed E-state index contributed by atoms with van der Waals surface area (Å²) in [7, 11) is 1.38. The van der Waals surface area contributed by atoms with Gasteiger partial charge in [0.2, 0.25) is 11.8 Å². The normalized spacial score (nSPS) is 22.7. The quantitative estimate of drug-likeness (QED) is 0.743. The van der Waals surface area contributed by atoms with Crippen LogP contribution in [0.2, 0.25) is 0 Å². The largest absolute Gasteiger partial charge is 0.481 e. The van der Waals surface area contributed by atoms with Gasteiger partial charge in [0.05, 0.1) is 19.1 Å². The van der Waals surface area contributed by atoms with Crippen molar-refractivity contribution in [2.45, 2.75) is 50.9 Å². The average molecular weight is 401 g/mol. The molecule has 1 aliphatic carbocycles. The van der Waals surface area contributed by atoms with Crippen LogP contribution in [0.5, 0.6) is 5.88 Å². The Morgan fingerprint density at radius 3 is 2.75 bits per heavy atom. The number of hydrogen-bond donors (Lipinski definition) is 2. The molecule has 0 bridgehead atoms.